The van der Waals surface area contributed by atoms with Crippen LogP contribution in [0.3, 0.4) is 0 Å². The molecule has 2 rings (SSSR count). The second kappa shape index (κ2) is 4.74. The molecule has 1 saturated heterocycles. The van der Waals surface area contributed by atoms with Crippen LogP contribution >= 0.6 is 0 Å². The normalized spacial score (nSPS) is 25.8. The van der Waals surface area contributed by atoms with Crippen LogP contribution in [0.1, 0.15) is 19.8 Å². The van der Waals surface area contributed by atoms with Gasteiger partial charge in [-0.2, -0.15) is 0 Å². The van der Waals surface area contributed by atoms with Crippen molar-refractivity contribution in [2.24, 2.45) is 5.92 Å². The van der Waals surface area contributed by atoms with E-state index in [-0.39, 0.29) is 6.10 Å². The number of anilines is 2. The number of hydrogen-bond donors (Lipinski definition) is 2. The quantitative estimate of drug-likeness (QED) is 0.748. The lowest BCUT2D eigenvalue weighted by atomic mass is 9.92. The minimum absolute atomic E-state index is 0.147. The molecule has 0 amide bonds. The third-order valence-electron chi connectivity index (χ3n) is 3.50. The monoisotopic (exact) mass is 220 g/mol. The third kappa shape index (κ3) is 2.14. The molecule has 0 spiro atoms. The van der Waals surface area contributed by atoms with Crippen molar-refractivity contribution in [3.05, 3.63) is 24.3 Å². The average molecular weight is 220 g/mol. The SMILES string of the molecule is CC[C@@H]1CN(c2ccccc2N)CC[C@@H]1O. The van der Waals surface area contributed by atoms with Crippen LogP contribution in [0, 0.1) is 5.92 Å². The highest BCUT2D eigenvalue weighted by Crippen LogP contribution is 2.28. The summed E-state index contributed by atoms with van der Waals surface area (Å²) in [6, 6.07) is 7.95. The van der Waals surface area contributed by atoms with E-state index in [2.05, 4.69) is 17.9 Å². The number of para-hydroxylation sites is 2. The van der Waals surface area contributed by atoms with Crippen molar-refractivity contribution in [3.8, 4) is 0 Å². The molecule has 16 heavy (non-hydrogen) atoms. The second-order valence-electron chi connectivity index (χ2n) is 4.53. The lowest BCUT2D eigenvalue weighted by Crippen LogP contribution is -2.43. The Kier molecular flexibility index (Phi) is 3.34. The number of aliphatic hydroxyl groups is 1. The Labute approximate surface area is 96.9 Å². The Bertz CT molecular complexity index is 354. The molecule has 0 saturated carbocycles. The first-order valence-electron chi connectivity index (χ1n) is 6.00. The number of benzene rings is 1. The van der Waals surface area contributed by atoms with Gasteiger partial charge >= 0.3 is 0 Å². The maximum absolute atomic E-state index is 9.85. The number of nitrogens with two attached hydrogens (primary N) is 1. The molecule has 0 unspecified atom stereocenters. The third-order valence-corrected chi connectivity index (χ3v) is 3.50. The minimum atomic E-state index is -0.147. The largest absolute Gasteiger partial charge is 0.397 e. The molecule has 1 aliphatic rings. The number of nitrogens with zero attached hydrogens (tertiary/aromatic N) is 1. The molecule has 3 N–H and O–H groups in total. The summed E-state index contributed by atoms with van der Waals surface area (Å²) in [5, 5.41) is 9.85. The molecule has 88 valence electrons. The summed E-state index contributed by atoms with van der Waals surface area (Å²) in [5.74, 6) is 0.369. The van der Waals surface area contributed by atoms with Crippen molar-refractivity contribution in [2.75, 3.05) is 23.7 Å². The summed E-state index contributed by atoms with van der Waals surface area (Å²) in [6.45, 7) is 3.93. The molecule has 1 aliphatic heterocycles. The molecule has 0 aromatic heterocycles. The minimum Gasteiger partial charge on any atom is -0.397 e. The van der Waals surface area contributed by atoms with Gasteiger partial charge in [0, 0.05) is 19.0 Å². The van der Waals surface area contributed by atoms with E-state index in [4.69, 9.17) is 5.73 Å². The molecule has 0 aliphatic carbocycles. The molecule has 3 nitrogen and oxygen atoms in total. The van der Waals surface area contributed by atoms with E-state index in [0.717, 1.165) is 37.3 Å². The van der Waals surface area contributed by atoms with E-state index >= 15 is 0 Å². The summed E-state index contributed by atoms with van der Waals surface area (Å²) in [6.07, 6.45) is 1.71. The van der Waals surface area contributed by atoms with E-state index < -0.39 is 0 Å². The number of hydrogen-bond acceptors (Lipinski definition) is 3. The Balaban J connectivity index is 2.14. The fourth-order valence-corrected chi connectivity index (χ4v) is 2.42. The van der Waals surface area contributed by atoms with Crippen LogP contribution in [0.15, 0.2) is 24.3 Å². The van der Waals surface area contributed by atoms with Gasteiger partial charge in [-0.25, -0.2) is 0 Å². The highest BCUT2D eigenvalue weighted by Gasteiger charge is 2.26. The van der Waals surface area contributed by atoms with E-state index in [1.165, 1.54) is 0 Å². The summed E-state index contributed by atoms with van der Waals surface area (Å²) >= 11 is 0. The number of aliphatic hydroxyl groups excluding tert-OH is 1. The van der Waals surface area contributed by atoms with Crippen molar-refractivity contribution in [3.63, 3.8) is 0 Å². The molecule has 1 fully saturated rings. The number of piperidine rings is 1. The van der Waals surface area contributed by atoms with Crippen LogP contribution in [0.5, 0.6) is 0 Å². The Morgan fingerprint density at radius 2 is 2.19 bits per heavy atom. The van der Waals surface area contributed by atoms with Crippen LogP contribution in [-0.2, 0) is 0 Å². The lowest BCUT2D eigenvalue weighted by molar-refractivity contribution is 0.0860. The molecule has 0 radical (unpaired) electrons. The average Bonchev–Trinajstić information content (AvgIpc) is 2.31. The number of rotatable bonds is 2. The zero-order valence-corrected chi connectivity index (χ0v) is 9.76. The summed E-state index contributed by atoms with van der Waals surface area (Å²) in [7, 11) is 0. The molecule has 3 heteroatoms. The predicted molar refractivity (Wildman–Crippen MR) is 67.5 cm³/mol. The molecule has 0 bridgehead atoms. The van der Waals surface area contributed by atoms with Crippen LogP contribution in [0.4, 0.5) is 11.4 Å². The lowest BCUT2D eigenvalue weighted by Gasteiger charge is -2.37. The predicted octanol–water partition coefficient (Wildman–Crippen LogP) is 1.87. The van der Waals surface area contributed by atoms with Crippen LogP contribution in [0.25, 0.3) is 0 Å². The van der Waals surface area contributed by atoms with E-state index in [9.17, 15) is 5.11 Å². The summed E-state index contributed by atoms with van der Waals surface area (Å²) in [5.41, 5.74) is 7.90. The van der Waals surface area contributed by atoms with Gasteiger partial charge in [0.25, 0.3) is 0 Å². The molecule has 1 aromatic carbocycles. The van der Waals surface area contributed by atoms with Gasteiger partial charge in [0.2, 0.25) is 0 Å². The van der Waals surface area contributed by atoms with Crippen molar-refractivity contribution < 1.29 is 5.11 Å². The van der Waals surface area contributed by atoms with Gasteiger partial charge in [-0.1, -0.05) is 19.1 Å². The van der Waals surface area contributed by atoms with Gasteiger partial charge in [-0.15, -0.1) is 0 Å². The molecular formula is C13H20N2O. The second-order valence-corrected chi connectivity index (χ2v) is 4.53. The van der Waals surface area contributed by atoms with Crippen LogP contribution in [-0.4, -0.2) is 24.3 Å². The molecule has 1 heterocycles. The summed E-state index contributed by atoms with van der Waals surface area (Å²) in [4.78, 5) is 2.29. The highest BCUT2D eigenvalue weighted by atomic mass is 16.3. The van der Waals surface area contributed by atoms with Gasteiger partial charge in [-0.3, -0.25) is 0 Å². The van der Waals surface area contributed by atoms with Crippen LogP contribution < -0.4 is 10.6 Å². The van der Waals surface area contributed by atoms with Crippen molar-refractivity contribution in [2.45, 2.75) is 25.9 Å². The Morgan fingerprint density at radius 3 is 2.88 bits per heavy atom. The van der Waals surface area contributed by atoms with Gasteiger partial charge in [0.1, 0.15) is 0 Å². The van der Waals surface area contributed by atoms with Gasteiger partial charge in [-0.05, 0) is 25.0 Å². The summed E-state index contributed by atoms with van der Waals surface area (Å²) < 4.78 is 0. The fraction of sp³-hybridized carbons (Fsp3) is 0.538. The van der Waals surface area contributed by atoms with Gasteiger partial charge in [0.05, 0.1) is 17.5 Å². The fourth-order valence-electron chi connectivity index (χ4n) is 2.42. The zero-order chi connectivity index (χ0) is 11.5. The molecule has 1 aromatic rings. The van der Waals surface area contributed by atoms with E-state index in [1.807, 2.05) is 18.2 Å². The Hall–Kier alpha value is -1.22. The van der Waals surface area contributed by atoms with Crippen molar-refractivity contribution >= 4 is 11.4 Å². The standard InChI is InChI=1S/C13H20N2O/c1-2-10-9-15(8-7-13(10)16)12-6-4-3-5-11(12)14/h3-6,10,13,16H,2,7-9,14H2,1H3/t10-,13+/m1/s1. The van der Waals surface area contributed by atoms with E-state index in [0.29, 0.717) is 5.92 Å². The maximum Gasteiger partial charge on any atom is 0.0602 e. The number of nitrogen functional groups attached to an aromatic ring is 1. The first-order valence-corrected chi connectivity index (χ1v) is 6.00. The van der Waals surface area contributed by atoms with Crippen molar-refractivity contribution in [1.29, 1.82) is 0 Å². The topological polar surface area (TPSA) is 49.5 Å². The first-order chi connectivity index (χ1) is 7.72. The smallest absolute Gasteiger partial charge is 0.0602 e. The van der Waals surface area contributed by atoms with Gasteiger partial charge < -0.3 is 15.7 Å². The zero-order valence-electron chi connectivity index (χ0n) is 9.76. The Morgan fingerprint density at radius 1 is 1.44 bits per heavy atom. The van der Waals surface area contributed by atoms with Crippen molar-refractivity contribution in [1.82, 2.24) is 0 Å². The van der Waals surface area contributed by atoms with Crippen LogP contribution in [0.2, 0.25) is 0 Å². The molecular weight excluding hydrogens is 200 g/mol. The first kappa shape index (κ1) is 11.3. The van der Waals surface area contributed by atoms with Gasteiger partial charge in [0.15, 0.2) is 0 Å². The maximum atomic E-state index is 9.85. The van der Waals surface area contributed by atoms with E-state index in [1.54, 1.807) is 0 Å². The highest BCUT2D eigenvalue weighted by molar-refractivity contribution is 5.67. The molecule has 2 atom stereocenters.